The highest BCUT2D eigenvalue weighted by Gasteiger charge is 2.11. The van der Waals surface area contributed by atoms with E-state index >= 15 is 0 Å². The fraction of sp³-hybridized carbons (Fsp3) is 0.0769. The monoisotopic (exact) mass is 314 g/mol. The minimum absolute atomic E-state index is 0.140. The zero-order valence-electron chi connectivity index (χ0n) is 8.79. The summed E-state index contributed by atoms with van der Waals surface area (Å²) >= 11 is 9.08. The molecule has 2 aromatic rings. The Labute approximate surface area is 112 Å². The van der Waals surface area contributed by atoms with Gasteiger partial charge in [0.1, 0.15) is 6.61 Å². The largest absolute Gasteiger partial charge is 0.485 e. The van der Waals surface area contributed by atoms with Crippen LogP contribution < -0.4 is 4.74 Å². The summed E-state index contributed by atoms with van der Waals surface area (Å²) < 4.78 is 19.4. The maximum Gasteiger partial charge on any atom is 0.171 e. The van der Waals surface area contributed by atoms with E-state index in [2.05, 4.69) is 15.9 Å². The van der Waals surface area contributed by atoms with Gasteiger partial charge in [-0.05, 0) is 33.6 Å². The van der Waals surface area contributed by atoms with Gasteiger partial charge < -0.3 is 4.74 Å². The maximum absolute atomic E-state index is 13.5. The third kappa shape index (κ3) is 2.99. The quantitative estimate of drug-likeness (QED) is 0.738. The third-order valence-electron chi connectivity index (χ3n) is 2.23. The van der Waals surface area contributed by atoms with Crippen LogP contribution in [-0.2, 0) is 6.61 Å². The first kappa shape index (κ1) is 12.4. The van der Waals surface area contributed by atoms with E-state index in [0.717, 1.165) is 5.56 Å². The van der Waals surface area contributed by atoms with Crippen molar-refractivity contribution in [3.63, 3.8) is 0 Å². The zero-order chi connectivity index (χ0) is 12.3. The first-order valence-electron chi connectivity index (χ1n) is 4.98. The Morgan fingerprint density at radius 1 is 1.12 bits per heavy atom. The summed E-state index contributed by atoms with van der Waals surface area (Å²) in [6.07, 6.45) is 0. The summed E-state index contributed by atoms with van der Waals surface area (Å²) in [6.45, 7) is 0.302. The van der Waals surface area contributed by atoms with Crippen LogP contribution >= 0.6 is 27.5 Å². The van der Waals surface area contributed by atoms with Crippen molar-refractivity contribution in [1.29, 1.82) is 0 Å². The van der Waals surface area contributed by atoms with E-state index < -0.39 is 5.82 Å². The van der Waals surface area contributed by atoms with Gasteiger partial charge in [0.2, 0.25) is 0 Å². The summed E-state index contributed by atoms with van der Waals surface area (Å²) in [6, 6.07) is 12.3. The van der Waals surface area contributed by atoms with Gasteiger partial charge in [-0.15, -0.1) is 0 Å². The second-order valence-corrected chi connectivity index (χ2v) is 4.65. The summed E-state index contributed by atoms with van der Waals surface area (Å²) in [4.78, 5) is 0. The molecular formula is C13H9BrClFO. The van der Waals surface area contributed by atoms with Crippen molar-refractivity contribution >= 4 is 27.5 Å². The maximum atomic E-state index is 13.5. The average molecular weight is 316 g/mol. The van der Waals surface area contributed by atoms with Gasteiger partial charge in [-0.3, -0.25) is 0 Å². The van der Waals surface area contributed by atoms with Crippen molar-refractivity contribution in [2.45, 2.75) is 6.61 Å². The van der Waals surface area contributed by atoms with Crippen LogP contribution in [0.5, 0.6) is 5.75 Å². The van der Waals surface area contributed by atoms with Crippen molar-refractivity contribution in [2.24, 2.45) is 0 Å². The van der Waals surface area contributed by atoms with E-state index in [0.29, 0.717) is 16.1 Å². The van der Waals surface area contributed by atoms with Crippen molar-refractivity contribution in [1.82, 2.24) is 0 Å². The lowest BCUT2D eigenvalue weighted by molar-refractivity contribution is 0.288. The molecule has 0 amide bonds. The number of halogens is 3. The summed E-state index contributed by atoms with van der Waals surface area (Å²) in [5.41, 5.74) is 0.971. The van der Waals surface area contributed by atoms with Crippen molar-refractivity contribution in [3.8, 4) is 5.75 Å². The fourth-order valence-electron chi connectivity index (χ4n) is 1.37. The lowest BCUT2D eigenvalue weighted by Crippen LogP contribution is -1.98. The molecule has 0 aromatic heterocycles. The molecule has 0 radical (unpaired) electrons. The summed E-state index contributed by atoms with van der Waals surface area (Å²) in [5.74, 6) is -0.293. The molecule has 0 N–H and O–H groups in total. The lowest BCUT2D eigenvalue weighted by Gasteiger charge is -2.10. The zero-order valence-corrected chi connectivity index (χ0v) is 11.1. The van der Waals surface area contributed by atoms with Crippen LogP contribution in [0, 0.1) is 5.82 Å². The number of hydrogen-bond donors (Lipinski definition) is 0. The Kier molecular flexibility index (Phi) is 4.02. The first-order chi connectivity index (χ1) is 8.18. The molecule has 0 saturated carbocycles. The fourth-order valence-corrected chi connectivity index (χ4v) is 1.96. The van der Waals surface area contributed by atoms with Crippen LogP contribution in [0.4, 0.5) is 4.39 Å². The molecule has 0 unspecified atom stereocenters. The Morgan fingerprint density at radius 3 is 2.53 bits per heavy atom. The molecule has 4 heteroatoms. The SMILES string of the molecule is Fc1ccc(Cl)c(Br)c1OCc1ccccc1. The Balaban J connectivity index is 2.17. The van der Waals surface area contributed by atoms with Crippen LogP contribution in [0.1, 0.15) is 5.56 Å². The topological polar surface area (TPSA) is 9.23 Å². The van der Waals surface area contributed by atoms with Crippen molar-refractivity contribution in [2.75, 3.05) is 0 Å². The summed E-state index contributed by atoms with van der Waals surface area (Å²) in [5, 5.41) is 0.425. The Morgan fingerprint density at radius 2 is 1.82 bits per heavy atom. The minimum Gasteiger partial charge on any atom is -0.485 e. The molecular weight excluding hydrogens is 306 g/mol. The average Bonchev–Trinajstić information content (AvgIpc) is 2.35. The highest BCUT2D eigenvalue weighted by atomic mass is 79.9. The van der Waals surface area contributed by atoms with Gasteiger partial charge in [-0.1, -0.05) is 41.9 Å². The van der Waals surface area contributed by atoms with E-state index in [4.69, 9.17) is 16.3 Å². The van der Waals surface area contributed by atoms with Gasteiger partial charge in [0.15, 0.2) is 11.6 Å². The predicted octanol–water partition coefficient (Wildman–Crippen LogP) is 4.82. The van der Waals surface area contributed by atoms with Gasteiger partial charge in [-0.25, -0.2) is 4.39 Å². The molecule has 1 nitrogen and oxygen atoms in total. The normalized spacial score (nSPS) is 10.3. The highest BCUT2D eigenvalue weighted by molar-refractivity contribution is 9.10. The molecule has 0 spiro atoms. The number of ether oxygens (including phenoxy) is 1. The van der Waals surface area contributed by atoms with E-state index in [1.807, 2.05) is 30.3 Å². The van der Waals surface area contributed by atoms with Gasteiger partial charge in [0.05, 0.1) is 9.50 Å². The van der Waals surface area contributed by atoms with Gasteiger partial charge >= 0.3 is 0 Å². The van der Waals surface area contributed by atoms with Crippen LogP contribution in [-0.4, -0.2) is 0 Å². The molecule has 0 aliphatic rings. The first-order valence-corrected chi connectivity index (χ1v) is 6.16. The molecule has 0 atom stereocenters. The second kappa shape index (κ2) is 5.52. The highest BCUT2D eigenvalue weighted by Crippen LogP contribution is 2.34. The summed E-state index contributed by atoms with van der Waals surface area (Å²) in [7, 11) is 0. The van der Waals surface area contributed by atoms with Crippen LogP contribution in [0.3, 0.4) is 0 Å². The van der Waals surface area contributed by atoms with Crippen molar-refractivity contribution in [3.05, 3.63) is 63.3 Å². The molecule has 0 heterocycles. The van der Waals surface area contributed by atoms with E-state index in [1.54, 1.807) is 0 Å². The van der Waals surface area contributed by atoms with Crippen LogP contribution in [0.25, 0.3) is 0 Å². The Bertz CT molecular complexity index is 516. The van der Waals surface area contributed by atoms with Gasteiger partial charge in [0.25, 0.3) is 0 Å². The second-order valence-electron chi connectivity index (χ2n) is 3.45. The molecule has 88 valence electrons. The molecule has 0 saturated heterocycles. The third-order valence-corrected chi connectivity index (χ3v) is 3.56. The van der Waals surface area contributed by atoms with Gasteiger partial charge in [0, 0.05) is 0 Å². The smallest absolute Gasteiger partial charge is 0.171 e. The predicted molar refractivity (Wildman–Crippen MR) is 69.9 cm³/mol. The number of benzene rings is 2. The number of rotatable bonds is 3. The standard InChI is InChI=1S/C13H9BrClFO/c14-12-10(15)6-7-11(16)13(12)17-8-9-4-2-1-3-5-9/h1-7H,8H2. The van der Waals surface area contributed by atoms with Gasteiger partial charge in [-0.2, -0.15) is 0 Å². The molecule has 0 aliphatic heterocycles. The van der Waals surface area contributed by atoms with Crippen LogP contribution in [0.15, 0.2) is 46.9 Å². The molecule has 0 bridgehead atoms. The molecule has 2 rings (SSSR count). The number of hydrogen-bond acceptors (Lipinski definition) is 1. The lowest BCUT2D eigenvalue weighted by atomic mass is 10.2. The van der Waals surface area contributed by atoms with E-state index in [9.17, 15) is 4.39 Å². The Hall–Kier alpha value is -1.06. The van der Waals surface area contributed by atoms with E-state index in [1.165, 1.54) is 12.1 Å². The molecule has 17 heavy (non-hydrogen) atoms. The molecule has 0 fully saturated rings. The molecule has 0 aliphatic carbocycles. The molecule has 2 aromatic carbocycles. The van der Waals surface area contributed by atoms with E-state index in [-0.39, 0.29) is 5.75 Å². The van der Waals surface area contributed by atoms with Crippen molar-refractivity contribution < 1.29 is 9.13 Å². The minimum atomic E-state index is -0.433. The van der Waals surface area contributed by atoms with Crippen LogP contribution in [0.2, 0.25) is 5.02 Å².